The molecule has 3 N–H and O–H groups in total. The van der Waals surface area contributed by atoms with Crippen molar-refractivity contribution in [3.8, 4) is 6.07 Å². The van der Waals surface area contributed by atoms with E-state index in [-0.39, 0.29) is 30.3 Å². The molecule has 0 bridgehead atoms. The van der Waals surface area contributed by atoms with Crippen LogP contribution in [0.25, 0.3) is 0 Å². The molecule has 5 rings (SSSR count). The Morgan fingerprint density at radius 3 is 2.20 bits per heavy atom. The van der Waals surface area contributed by atoms with E-state index in [9.17, 15) is 50.8 Å². The number of hydrogen-bond acceptors (Lipinski definition) is 5. The molecule has 220 valence electrons. The molecule has 2 saturated heterocycles. The molecule has 0 unspecified atom stereocenters. The van der Waals surface area contributed by atoms with Gasteiger partial charge in [-0.3, -0.25) is 19.2 Å². The molecular formula is C25H29F6N5O4. The summed E-state index contributed by atoms with van der Waals surface area (Å²) in [6.45, 7) is 3.40. The molecule has 40 heavy (non-hydrogen) atoms. The van der Waals surface area contributed by atoms with E-state index in [2.05, 4.69) is 10.6 Å². The molecule has 3 saturated carbocycles. The molecule has 9 nitrogen and oxygen atoms in total. The number of piperidine rings is 1. The van der Waals surface area contributed by atoms with Crippen LogP contribution in [0.15, 0.2) is 0 Å². The molecule has 0 aromatic heterocycles. The van der Waals surface area contributed by atoms with Crippen LogP contribution in [0.5, 0.6) is 0 Å². The number of nitriles is 1. The Morgan fingerprint density at radius 1 is 1.10 bits per heavy atom. The average Bonchev–Trinajstić information content (AvgIpc) is 3.78. The highest BCUT2D eigenvalue weighted by Gasteiger charge is 2.74. The van der Waals surface area contributed by atoms with Gasteiger partial charge in [0, 0.05) is 18.0 Å². The standard InChI is InChI=1S/C25H29F6N5O4/c1-21(2)13-10-36(19(39)16(34-20(40)24(26,27)28)23(5-6-23)25(29,30)31)15(14(13)21)18(38)33-12(9-32)7-11-8-22(3-4-22)35-17(11)37/h11-16H,3-8,10H2,1-2H3,(H,33,38)(H,34,40)(H,35,37)/t11-,12+,13+,14+,15+,16-/m1/s1. The topological polar surface area (TPSA) is 131 Å². The fraction of sp³-hybridized carbons (Fsp3) is 0.800. The van der Waals surface area contributed by atoms with Gasteiger partial charge in [0.25, 0.3) is 0 Å². The largest absolute Gasteiger partial charge is 0.471 e. The molecule has 0 radical (unpaired) electrons. The molecule has 5 aliphatic rings. The number of carbonyl (C=O) groups is 4. The molecular weight excluding hydrogens is 548 g/mol. The summed E-state index contributed by atoms with van der Waals surface area (Å²) in [6.07, 6.45) is -9.79. The molecule has 15 heteroatoms. The third-order valence-electron chi connectivity index (χ3n) is 9.69. The van der Waals surface area contributed by atoms with E-state index in [1.165, 1.54) is 5.32 Å². The van der Waals surface area contributed by atoms with Crippen molar-refractivity contribution < 1.29 is 45.5 Å². The van der Waals surface area contributed by atoms with Crippen molar-refractivity contribution in [3.05, 3.63) is 0 Å². The SMILES string of the molecule is CC1(C)[C@@H]2[C@@H](C(=O)N[C@H](C#N)C[C@@H]3CC4(CC4)NC3=O)N(C(=O)[C@@H](NC(=O)C(F)(F)F)C3(C(F)(F)F)CC3)C[C@@H]21. The second-order valence-corrected chi connectivity index (χ2v) is 12.5. The van der Waals surface area contributed by atoms with Gasteiger partial charge in [-0.05, 0) is 55.8 Å². The molecule has 1 spiro atoms. The molecule has 4 amide bonds. The van der Waals surface area contributed by atoms with Crippen LogP contribution in [0.4, 0.5) is 26.3 Å². The molecule has 0 aromatic rings. The first-order valence-electron chi connectivity index (χ1n) is 13.1. The van der Waals surface area contributed by atoms with Crippen molar-refractivity contribution in [1.82, 2.24) is 20.9 Å². The van der Waals surface area contributed by atoms with E-state index in [1.807, 2.05) is 6.07 Å². The van der Waals surface area contributed by atoms with E-state index in [1.54, 1.807) is 13.8 Å². The lowest BCUT2D eigenvalue weighted by Crippen LogP contribution is -2.62. The number of carbonyl (C=O) groups excluding carboxylic acids is 4. The summed E-state index contributed by atoms with van der Waals surface area (Å²) >= 11 is 0. The van der Waals surface area contributed by atoms with Crippen LogP contribution >= 0.6 is 0 Å². The number of likely N-dealkylation sites (tertiary alicyclic amines) is 1. The average molecular weight is 578 g/mol. The molecule has 3 aliphatic carbocycles. The molecule has 2 heterocycles. The number of hydrogen-bond donors (Lipinski definition) is 3. The highest BCUT2D eigenvalue weighted by molar-refractivity contribution is 5.95. The van der Waals surface area contributed by atoms with Gasteiger partial charge in [0.15, 0.2) is 0 Å². The fourth-order valence-electron chi connectivity index (χ4n) is 6.83. The van der Waals surface area contributed by atoms with Crippen molar-refractivity contribution in [1.29, 1.82) is 5.26 Å². The Bertz CT molecular complexity index is 1190. The van der Waals surface area contributed by atoms with Crippen LogP contribution < -0.4 is 16.0 Å². The second kappa shape index (κ2) is 8.72. The highest BCUT2D eigenvalue weighted by atomic mass is 19.4. The van der Waals surface area contributed by atoms with Gasteiger partial charge >= 0.3 is 18.3 Å². The Balaban J connectivity index is 1.36. The summed E-state index contributed by atoms with van der Waals surface area (Å²) in [5.74, 6) is -6.53. The van der Waals surface area contributed by atoms with E-state index in [4.69, 9.17) is 0 Å². The van der Waals surface area contributed by atoms with E-state index >= 15 is 0 Å². The van der Waals surface area contributed by atoms with Crippen LogP contribution in [0.3, 0.4) is 0 Å². The lowest BCUT2D eigenvalue weighted by Gasteiger charge is -2.36. The molecule has 0 aromatic carbocycles. The van der Waals surface area contributed by atoms with Crippen LogP contribution in [-0.2, 0) is 19.2 Å². The predicted molar refractivity (Wildman–Crippen MR) is 122 cm³/mol. The Hall–Kier alpha value is -3.05. The first-order valence-corrected chi connectivity index (χ1v) is 13.1. The molecule has 6 atom stereocenters. The zero-order valence-electron chi connectivity index (χ0n) is 21.7. The summed E-state index contributed by atoms with van der Waals surface area (Å²) in [4.78, 5) is 51.8. The Morgan fingerprint density at radius 2 is 1.73 bits per heavy atom. The second-order valence-electron chi connectivity index (χ2n) is 12.5. The third kappa shape index (κ3) is 4.56. The minimum absolute atomic E-state index is 0.00454. The lowest BCUT2D eigenvalue weighted by molar-refractivity contribution is -0.204. The van der Waals surface area contributed by atoms with Crippen molar-refractivity contribution in [2.75, 3.05) is 6.54 Å². The predicted octanol–water partition coefficient (Wildman–Crippen LogP) is 1.93. The van der Waals surface area contributed by atoms with Crippen LogP contribution in [0.2, 0.25) is 0 Å². The van der Waals surface area contributed by atoms with E-state index in [0.29, 0.717) is 6.42 Å². The van der Waals surface area contributed by atoms with Crippen LogP contribution in [0.1, 0.15) is 52.4 Å². The normalized spacial score (nSPS) is 31.9. The Kier molecular flexibility index (Phi) is 6.21. The van der Waals surface area contributed by atoms with Crippen LogP contribution in [-0.4, -0.2) is 71.1 Å². The highest BCUT2D eigenvalue weighted by Crippen LogP contribution is 2.66. The van der Waals surface area contributed by atoms with E-state index in [0.717, 1.165) is 17.7 Å². The minimum Gasteiger partial charge on any atom is -0.350 e. The molecule has 5 fully saturated rings. The van der Waals surface area contributed by atoms with Crippen molar-refractivity contribution >= 4 is 23.6 Å². The van der Waals surface area contributed by atoms with Crippen molar-refractivity contribution in [3.63, 3.8) is 0 Å². The van der Waals surface area contributed by atoms with Gasteiger partial charge in [-0.25, -0.2) is 0 Å². The van der Waals surface area contributed by atoms with Crippen molar-refractivity contribution in [2.24, 2.45) is 28.6 Å². The quantitative estimate of drug-likeness (QED) is 0.398. The fourth-order valence-corrected chi connectivity index (χ4v) is 6.83. The van der Waals surface area contributed by atoms with Gasteiger partial charge < -0.3 is 20.9 Å². The maximum atomic E-state index is 14.0. The number of halogens is 6. The van der Waals surface area contributed by atoms with Gasteiger partial charge in [-0.2, -0.15) is 31.6 Å². The summed E-state index contributed by atoms with van der Waals surface area (Å²) in [6, 6.07) is -3.14. The first-order chi connectivity index (χ1) is 18.4. The lowest BCUT2D eigenvalue weighted by atomic mass is 9.92. The number of nitrogens with one attached hydrogen (secondary N) is 3. The summed E-state index contributed by atoms with van der Waals surface area (Å²) < 4.78 is 80.9. The molecule has 2 aliphatic heterocycles. The van der Waals surface area contributed by atoms with Crippen molar-refractivity contribution in [2.45, 2.75) is 88.4 Å². The first kappa shape index (κ1) is 28.5. The number of nitrogens with zero attached hydrogens (tertiary/aromatic N) is 2. The zero-order chi connectivity index (χ0) is 29.6. The van der Waals surface area contributed by atoms with Gasteiger partial charge in [-0.1, -0.05) is 13.8 Å². The summed E-state index contributed by atoms with van der Waals surface area (Å²) in [7, 11) is 0. The monoisotopic (exact) mass is 577 g/mol. The van der Waals surface area contributed by atoms with Gasteiger partial charge in [0.2, 0.25) is 17.7 Å². The smallest absolute Gasteiger partial charge is 0.350 e. The van der Waals surface area contributed by atoms with E-state index < -0.39 is 83.7 Å². The Labute approximate surface area is 225 Å². The number of fused-ring (bicyclic) bond motifs is 1. The maximum Gasteiger partial charge on any atom is 0.471 e. The third-order valence-corrected chi connectivity index (χ3v) is 9.69. The summed E-state index contributed by atoms with van der Waals surface area (Å²) in [5.41, 5.74) is -3.63. The summed E-state index contributed by atoms with van der Waals surface area (Å²) in [5, 5.41) is 16.3. The zero-order valence-corrected chi connectivity index (χ0v) is 21.7. The maximum absolute atomic E-state index is 14.0. The van der Waals surface area contributed by atoms with Gasteiger partial charge in [0.1, 0.15) is 18.1 Å². The van der Waals surface area contributed by atoms with Crippen LogP contribution in [0, 0.1) is 39.9 Å². The van der Waals surface area contributed by atoms with Gasteiger partial charge in [-0.15, -0.1) is 0 Å². The number of rotatable bonds is 7. The number of alkyl halides is 6. The number of amides is 4. The van der Waals surface area contributed by atoms with Gasteiger partial charge in [0.05, 0.1) is 11.5 Å². The minimum atomic E-state index is -5.53.